The molecule has 0 spiro atoms. The van der Waals surface area contributed by atoms with Crippen LogP contribution in [0.3, 0.4) is 0 Å². The molecule has 1 amide bonds. The van der Waals surface area contributed by atoms with Gasteiger partial charge in [0.05, 0.1) is 37.1 Å². The van der Waals surface area contributed by atoms with Crippen LogP contribution in [0.15, 0.2) is 24.3 Å². The van der Waals surface area contributed by atoms with E-state index in [1.54, 1.807) is 0 Å². The Morgan fingerprint density at radius 3 is 2.57 bits per heavy atom. The Bertz CT molecular complexity index is 793. The third-order valence-electron chi connectivity index (χ3n) is 4.45. The number of nitro benzene ring substituents is 1. The fourth-order valence-electron chi connectivity index (χ4n) is 2.69. The van der Waals surface area contributed by atoms with Crippen molar-refractivity contribution in [1.82, 2.24) is 5.32 Å². The van der Waals surface area contributed by atoms with Crippen LogP contribution in [-0.2, 0) is 23.4 Å². The second-order valence-corrected chi connectivity index (χ2v) is 9.10. The van der Waals surface area contributed by atoms with E-state index in [0.717, 1.165) is 0 Å². The van der Waals surface area contributed by atoms with Crippen molar-refractivity contribution in [2.24, 2.45) is 11.3 Å². The van der Waals surface area contributed by atoms with E-state index in [1.807, 2.05) is 13.8 Å². The molecule has 28 heavy (non-hydrogen) atoms. The number of hydrogen-bond donors (Lipinski definition) is 1. The summed E-state index contributed by atoms with van der Waals surface area (Å²) in [5.41, 5.74) is -0.721. The SMILES string of the molecule is COC(=O)CCNC(=O)[C@@H]1CP(=O)(Oc2ccc([N+](=O)[O-])cc2)OCC1(C)C. The summed E-state index contributed by atoms with van der Waals surface area (Å²) in [6, 6.07) is 5.11. The van der Waals surface area contributed by atoms with Gasteiger partial charge in [0.15, 0.2) is 0 Å². The highest BCUT2D eigenvalue weighted by Crippen LogP contribution is 2.57. The zero-order valence-corrected chi connectivity index (χ0v) is 16.8. The smallest absolute Gasteiger partial charge is 0.380 e. The standard InChI is InChI=1S/C17H23N2O8P/c1-17(2)11-26-28(24,27-13-6-4-12(5-7-13)19(22)23)10-14(17)16(21)18-9-8-15(20)25-3/h4-7,14H,8-11H2,1-3H3,(H,18,21)/t14-,28?/m0/s1. The van der Waals surface area contributed by atoms with Crippen LogP contribution in [0.5, 0.6) is 5.75 Å². The van der Waals surface area contributed by atoms with E-state index in [4.69, 9.17) is 9.05 Å². The quantitative estimate of drug-likeness (QED) is 0.311. The maximum atomic E-state index is 13.0. The molecular weight excluding hydrogens is 391 g/mol. The first kappa shape index (κ1) is 21.8. The molecule has 1 aliphatic rings. The molecule has 2 atom stereocenters. The molecule has 10 nitrogen and oxygen atoms in total. The number of carbonyl (C=O) groups is 2. The van der Waals surface area contributed by atoms with Crippen molar-refractivity contribution in [3.05, 3.63) is 34.4 Å². The van der Waals surface area contributed by atoms with Crippen LogP contribution in [0.25, 0.3) is 0 Å². The van der Waals surface area contributed by atoms with Crippen LogP contribution < -0.4 is 9.84 Å². The van der Waals surface area contributed by atoms with Crippen LogP contribution in [0, 0.1) is 21.4 Å². The first-order chi connectivity index (χ1) is 13.1. The van der Waals surface area contributed by atoms with E-state index >= 15 is 0 Å². The molecule has 1 N–H and O–H groups in total. The third kappa shape index (κ3) is 5.53. The molecule has 0 aromatic heterocycles. The Morgan fingerprint density at radius 2 is 2.00 bits per heavy atom. The molecule has 1 unspecified atom stereocenters. The van der Waals surface area contributed by atoms with E-state index in [9.17, 15) is 24.3 Å². The summed E-state index contributed by atoms with van der Waals surface area (Å²) in [7, 11) is -2.38. The summed E-state index contributed by atoms with van der Waals surface area (Å²) in [6.07, 6.45) is -0.121. The highest BCUT2D eigenvalue weighted by molar-refractivity contribution is 7.54. The van der Waals surface area contributed by atoms with Gasteiger partial charge in [-0.05, 0) is 12.1 Å². The van der Waals surface area contributed by atoms with Crippen molar-refractivity contribution in [3.63, 3.8) is 0 Å². The lowest BCUT2D eigenvalue weighted by atomic mass is 9.80. The van der Waals surface area contributed by atoms with Gasteiger partial charge in [0.2, 0.25) is 5.91 Å². The van der Waals surface area contributed by atoms with E-state index in [-0.39, 0.29) is 43.1 Å². The molecule has 2 rings (SSSR count). The van der Waals surface area contributed by atoms with E-state index in [0.29, 0.717) is 0 Å². The summed E-state index contributed by atoms with van der Waals surface area (Å²) < 4.78 is 28.5. The fourth-order valence-corrected chi connectivity index (χ4v) is 5.00. The van der Waals surface area contributed by atoms with E-state index in [1.165, 1.54) is 31.4 Å². The summed E-state index contributed by atoms with van der Waals surface area (Å²) in [5, 5.41) is 13.4. The third-order valence-corrected chi connectivity index (χ3v) is 6.27. The van der Waals surface area contributed by atoms with Crippen LogP contribution >= 0.6 is 7.60 Å². The first-order valence-electron chi connectivity index (χ1n) is 8.58. The molecule has 0 aliphatic carbocycles. The molecule has 1 aliphatic heterocycles. The largest absolute Gasteiger partial charge is 0.469 e. The highest BCUT2D eigenvalue weighted by Gasteiger charge is 2.48. The summed E-state index contributed by atoms with van der Waals surface area (Å²) in [6.45, 7) is 3.76. The number of rotatable bonds is 7. The maximum Gasteiger partial charge on any atom is 0.380 e. The molecule has 1 saturated heterocycles. The van der Waals surface area contributed by atoms with Gasteiger partial charge in [0.1, 0.15) is 5.75 Å². The number of methoxy groups -OCH3 is 1. The average molecular weight is 414 g/mol. The number of hydrogen-bond acceptors (Lipinski definition) is 8. The topological polar surface area (TPSA) is 134 Å². The predicted molar refractivity (Wildman–Crippen MR) is 99.1 cm³/mol. The normalized spacial score (nSPS) is 23.5. The Hall–Kier alpha value is -2.45. The van der Waals surface area contributed by atoms with Gasteiger partial charge in [-0.15, -0.1) is 0 Å². The van der Waals surface area contributed by atoms with Gasteiger partial charge in [0.25, 0.3) is 5.69 Å². The molecule has 1 fully saturated rings. The number of carbonyl (C=O) groups excluding carboxylic acids is 2. The molecule has 0 saturated carbocycles. The van der Waals surface area contributed by atoms with Crippen molar-refractivity contribution < 1.29 is 32.9 Å². The van der Waals surface area contributed by atoms with Gasteiger partial charge < -0.3 is 14.6 Å². The number of non-ortho nitro benzene ring substituents is 1. The molecule has 1 aromatic carbocycles. The van der Waals surface area contributed by atoms with E-state index in [2.05, 4.69) is 10.1 Å². The summed E-state index contributed by atoms with van der Waals surface area (Å²) >= 11 is 0. The van der Waals surface area contributed by atoms with Crippen molar-refractivity contribution in [3.8, 4) is 5.75 Å². The Labute approximate surface area is 162 Å². The monoisotopic (exact) mass is 414 g/mol. The summed E-state index contributed by atoms with van der Waals surface area (Å²) in [5.74, 6) is -1.32. The fraction of sp³-hybridized carbons (Fsp3) is 0.529. The zero-order chi connectivity index (χ0) is 20.9. The minimum Gasteiger partial charge on any atom is -0.469 e. The van der Waals surface area contributed by atoms with Gasteiger partial charge in [-0.25, -0.2) is 4.57 Å². The maximum absolute atomic E-state index is 13.0. The molecule has 0 bridgehead atoms. The average Bonchev–Trinajstić information content (AvgIpc) is 2.64. The van der Waals surface area contributed by atoms with Gasteiger partial charge >= 0.3 is 13.6 Å². The highest BCUT2D eigenvalue weighted by atomic mass is 31.2. The van der Waals surface area contributed by atoms with Crippen LogP contribution in [0.2, 0.25) is 0 Å². The molecule has 0 radical (unpaired) electrons. The van der Waals surface area contributed by atoms with Gasteiger partial charge in [-0.1, -0.05) is 13.8 Å². The van der Waals surface area contributed by atoms with Crippen LogP contribution in [-0.4, -0.2) is 43.2 Å². The van der Waals surface area contributed by atoms with Crippen LogP contribution in [0.1, 0.15) is 20.3 Å². The minimum atomic E-state index is -3.64. The predicted octanol–water partition coefficient (Wildman–Crippen LogP) is 2.52. The molecular formula is C17H23N2O8P. The lowest BCUT2D eigenvalue weighted by Gasteiger charge is -2.40. The number of nitrogens with one attached hydrogen (secondary N) is 1. The number of ether oxygens (including phenoxy) is 1. The first-order valence-corrected chi connectivity index (χ1v) is 10.3. The van der Waals surface area contributed by atoms with Gasteiger partial charge in [0, 0.05) is 24.1 Å². The lowest BCUT2D eigenvalue weighted by molar-refractivity contribution is -0.384. The van der Waals surface area contributed by atoms with Crippen LogP contribution in [0.4, 0.5) is 5.69 Å². The minimum absolute atomic E-state index is 0.0306. The van der Waals surface area contributed by atoms with Crippen molar-refractivity contribution in [2.75, 3.05) is 26.4 Å². The number of nitrogens with zero attached hydrogens (tertiary/aromatic N) is 1. The van der Waals surface area contributed by atoms with E-state index < -0.39 is 29.8 Å². The Balaban J connectivity index is 2.06. The van der Waals surface area contributed by atoms with Gasteiger partial charge in [-0.2, -0.15) is 0 Å². The Kier molecular flexibility index (Phi) is 6.79. The zero-order valence-electron chi connectivity index (χ0n) is 15.9. The summed E-state index contributed by atoms with van der Waals surface area (Å²) in [4.78, 5) is 33.9. The number of esters is 1. The number of amides is 1. The molecule has 1 heterocycles. The molecule has 154 valence electrons. The Morgan fingerprint density at radius 1 is 1.36 bits per heavy atom. The molecule has 11 heteroatoms. The van der Waals surface area contributed by atoms with Crippen molar-refractivity contribution in [2.45, 2.75) is 20.3 Å². The van der Waals surface area contributed by atoms with Crippen molar-refractivity contribution >= 4 is 25.2 Å². The number of nitro groups is 1. The van der Waals surface area contributed by atoms with Gasteiger partial charge in [-0.3, -0.25) is 24.2 Å². The lowest BCUT2D eigenvalue weighted by Crippen LogP contribution is -2.46. The molecule has 1 aromatic rings. The van der Waals surface area contributed by atoms with Crippen molar-refractivity contribution in [1.29, 1.82) is 0 Å². The second-order valence-electron chi connectivity index (χ2n) is 7.07. The number of benzene rings is 1. The second kappa shape index (κ2) is 8.70.